The van der Waals surface area contributed by atoms with E-state index in [-0.39, 0.29) is 29.9 Å². The second kappa shape index (κ2) is 7.97. The average Bonchev–Trinajstić information content (AvgIpc) is 2.95. The van der Waals surface area contributed by atoms with Gasteiger partial charge in [0.15, 0.2) is 0 Å². The van der Waals surface area contributed by atoms with Gasteiger partial charge in [0.2, 0.25) is 11.8 Å². The highest BCUT2D eigenvalue weighted by molar-refractivity contribution is 6.30. The van der Waals surface area contributed by atoms with Crippen molar-refractivity contribution in [3.8, 4) is 0 Å². The summed E-state index contributed by atoms with van der Waals surface area (Å²) in [5, 5.41) is 3.70. The van der Waals surface area contributed by atoms with Crippen molar-refractivity contribution in [2.75, 3.05) is 13.1 Å². The van der Waals surface area contributed by atoms with Crippen LogP contribution in [0.5, 0.6) is 0 Å². The average molecular weight is 378 g/mol. The molecule has 2 aliphatic heterocycles. The molecule has 1 N–H and O–H groups in total. The first kappa shape index (κ1) is 19.2. The molecule has 6 heteroatoms. The molecule has 0 unspecified atom stereocenters. The van der Waals surface area contributed by atoms with E-state index in [1.165, 1.54) is 12.5 Å². The van der Waals surface area contributed by atoms with Crippen LogP contribution in [-0.2, 0) is 16.1 Å². The summed E-state index contributed by atoms with van der Waals surface area (Å²) < 4.78 is 0. The fraction of sp³-hybridized carbons (Fsp3) is 0.600. The highest BCUT2D eigenvalue weighted by atomic mass is 35.5. The fourth-order valence-corrected chi connectivity index (χ4v) is 4.32. The van der Waals surface area contributed by atoms with E-state index in [2.05, 4.69) is 24.1 Å². The van der Waals surface area contributed by atoms with E-state index in [0.29, 0.717) is 12.5 Å². The Bertz CT molecular complexity index is 662. The largest absolute Gasteiger partial charge is 0.352 e. The molecule has 2 saturated heterocycles. The molecule has 0 aromatic heterocycles. The summed E-state index contributed by atoms with van der Waals surface area (Å²) in [4.78, 5) is 28.9. The molecule has 26 heavy (non-hydrogen) atoms. The topological polar surface area (TPSA) is 52.7 Å². The molecule has 0 aliphatic carbocycles. The molecule has 0 radical (unpaired) electrons. The number of hydrogen-bond donors (Lipinski definition) is 1. The molecule has 1 aromatic rings. The third kappa shape index (κ3) is 4.38. The summed E-state index contributed by atoms with van der Waals surface area (Å²) in [6.45, 7) is 8.07. The summed E-state index contributed by atoms with van der Waals surface area (Å²) >= 11 is 6.00. The van der Waals surface area contributed by atoms with Gasteiger partial charge in [0.25, 0.3) is 0 Å². The third-order valence-corrected chi connectivity index (χ3v) is 5.52. The summed E-state index contributed by atoms with van der Waals surface area (Å²) in [6.07, 6.45) is 1.68. The maximum atomic E-state index is 13.2. The van der Waals surface area contributed by atoms with E-state index < -0.39 is 0 Å². The Morgan fingerprint density at radius 2 is 1.96 bits per heavy atom. The molecule has 2 aliphatic rings. The molecule has 1 aromatic carbocycles. The number of nitrogens with zero attached hydrogens (tertiary/aromatic N) is 2. The van der Waals surface area contributed by atoms with Gasteiger partial charge >= 0.3 is 0 Å². The quantitative estimate of drug-likeness (QED) is 0.858. The van der Waals surface area contributed by atoms with Crippen molar-refractivity contribution in [2.24, 2.45) is 5.92 Å². The molecule has 0 spiro atoms. The first-order valence-corrected chi connectivity index (χ1v) is 9.77. The number of nitrogens with one attached hydrogen (secondary N) is 1. The molecule has 5 nitrogen and oxygen atoms in total. The standard InChI is InChI=1S/C20H28ClN3O2/c1-13(2)8-19-20(26)24-11-17(22-14(3)25)9-18(24)12-23(19)10-15-4-6-16(21)7-5-15/h4-7,13,17-19H,8-12H2,1-3H3,(H,22,25)/t17-,18-,19-/m0/s1. The highest BCUT2D eigenvalue weighted by Gasteiger charge is 2.45. The number of fused-ring (bicyclic) bond motifs is 1. The van der Waals surface area contributed by atoms with Gasteiger partial charge in [0.05, 0.1) is 6.04 Å². The molecular formula is C20H28ClN3O2. The van der Waals surface area contributed by atoms with Crippen LogP contribution in [0, 0.1) is 5.92 Å². The van der Waals surface area contributed by atoms with Gasteiger partial charge in [-0.2, -0.15) is 0 Å². The minimum Gasteiger partial charge on any atom is -0.352 e. The van der Waals surface area contributed by atoms with E-state index >= 15 is 0 Å². The molecule has 3 atom stereocenters. The van der Waals surface area contributed by atoms with Crippen LogP contribution < -0.4 is 5.32 Å². The lowest BCUT2D eigenvalue weighted by Crippen LogP contribution is -2.59. The zero-order valence-corrected chi connectivity index (χ0v) is 16.5. The van der Waals surface area contributed by atoms with Crippen LogP contribution in [0.3, 0.4) is 0 Å². The van der Waals surface area contributed by atoms with Gasteiger partial charge in [0.1, 0.15) is 0 Å². The van der Waals surface area contributed by atoms with Crippen molar-refractivity contribution in [1.82, 2.24) is 15.1 Å². The van der Waals surface area contributed by atoms with Gasteiger partial charge < -0.3 is 10.2 Å². The second-order valence-corrected chi connectivity index (χ2v) is 8.42. The Morgan fingerprint density at radius 3 is 2.58 bits per heavy atom. The molecule has 142 valence electrons. The SMILES string of the molecule is CC(=O)N[C@H]1C[C@H]2CN(Cc3ccc(Cl)cc3)[C@@H](CC(C)C)C(=O)N2C1. The Morgan fingerprint density at radius 1 is 1.27 bits per heavy atom. The number of rotatable bonds is 5. The first-order valence-electron chi connectivity index (χ1n) is 9.39. The number of amides is 2. The van der Waals surface area contributed by atoms with Crippen LogP contribution in [0.4, 0.5) is 0 Å². The molecular weight excluding hydrogens is 350 g/mol. The van der Waals surface area contributed by atoms with Crippen LogP contribution in [-0.4, -0.2) is 52.8 Å². The van der Waals surface area contributed by atoms with Crippen LogP contribution in [0.2, 0.25) is 5.02 Å². The lowest BCUT2D eigenvalue weighted by atomic mass is 9.96. The van der Waals surface area contributed by atoms with Crippen LogP contribution >= 0.6 is 11.6 Å². The Labute approximate surface area is 160 Å². The normalized spacial score (nSPS) is 26.3. The monoisotopic (exact) mass is 377 g/mol. The second-order valence-electron chi connectivity index (χ2n) is 7.98. The lowest BCUT2D eigenvalue weighted by molar-refractivity contribution is -0.145. The van der Waals surface area contributed by atoms with Crippen LogP contribution in [0.15, 0.2) is 24.3 Å². The van der Waals surface area contributed by atoms with E-state index in [4.69, 9.17) is 11.6 Å². The van der Waals surface area contributed by atoms with Crippen molar-refractivity contribution < 1.29 is 9.59 Å². The first-order chi connectivity index (χ1) is 12.3. The Hall–Kier alpha value is -1.59. The molecule has 3 rings (SSSR count). The van der Waals surface area contributed by atoms with Crippen molar-refractivity contribution in [1.29, 1.82) is 0 Å². The lowest BCUT2D eigenvalue weighted by Gasteiger charge is -2.43. The molecule has 2 amide bonds. The van der Waals surface area contributed by atoms with Crippen LogP contribution in [0.1, 0.15) is 39.2 Å². The smallest absolute Gasteiger partial charge is 0.240 e. The van der Waals surface area contributed by atoms with Gasteiger partial charge in [-0.05, 0) is 36.5 Å². The molecule has 2 heterocycles. The Kier molecular flexibility index (Phi) is 5.88. The number of carbonyl (C=O) groups is 2. The van der Waals surface area contributed by atoms with Gasteiger partial charge in [0, 0.05) is 43.7 Å². The van der Waals surface area contributed by atoms with Crippen molar-refractivity contribution in [2.45, 2.75) is 58.3 Å². The van der Waals surface area contributed by atoms with Gasteiger partial charge in [-0.1, -0.05) is 37.6 Å². The van der Waals surface area contributed by atoms with E-state index in [1.807, 2.05) is 29.2 Å². The minimum atomic E-state index is -0.0991. The van der Waals surface area contributed by atoms with Gasteiger partial charge in [-0.15, -0.1) is 0 Å². The predicted octanol–water partition coefficient (Wildman–Crippen LogP) is 2.68. The zero-order chi connectivity index (χ0) is 18.8. The number of piperazine rings is 1. The molecule has 0 bridgehead atoms. The van der Waals surface area contributed by atoms with E-state index in [1.54, 1.807) is 0 Å². The fourth-order valence-electron chi connectivity index (χ4n) is 4.19. The zero-order valence-electron chi connectivity index (χ0n) is 15.7. The van der Waals surface area contributed by atoms with Crippen LogP contribution in [0.25, 0.3) is 0 Å². The summed E-state index contributed by atoms with van der Waals surface area (Å²) in [5.41, 5.74) is 1.17. The van der Waals surface area contributed by atoms with Gasteiger partial charge in [-0.3, -0.25) is 14.5 Å². The number of halogens is 1. The maximum absolute atomic E-state index is 13.2. The highest BCUT2D eigenvalue weighted by Crippen LogP contribution is 2.30. The number of hydrogen-bond acceptors (Lipinski definition) is 3. The van der Waals surface area contributed by atoms with Crippen molar-refractivity contribution in [3.63, 3.8) is 0 Å². The number of carbonyl (C=O) groups excluding carboxylic acids is 2. The van der Waals surface area contributed by atoms with E-state index in [9.17, 15) is 9.59 Å². The molecule has 2 fully saturated rings. The van der Waals surface area contributed by atoms with Gasteiger partial charge in [-0.25, -0.2) is 0 Å². The van der Waals surface area contributed by atoms with Crippen molar-refractivity contribution in [3.05, 3.63) is 34.9 Å². The maximum Gasteiger partial charge on any atom is 0.240 e. The Balaban J connectivity index is 1.77. The third-order valence-electron chi connectivity index (χ3n) is 5.27. The van der Waals surface area contributed by atoms with E-state index in [0.717, 1.165) is 31.0 Å². The van der Waals surface area contributed by atoms with Crippen molar-refractivity contribution >= 4 is 23.4 Å². The number of benzene rings is 1. The summed E-state index contributed by atoms with van der Waals surface area (Å²) in [5.74, 6) is 0.623. The molecule has 0 saturated carbocycles. The summed E-state index contributed by atoms with van der Waals surface area (Å²) in [6, 6.07) is 7.99. The predicted molar refractivity (Wildman–Crippen MR) is 103 cm³/mol. The summed E-state index contributed by atoms with van der Waals surface area (Å²) in [7, 11) is 0. The minimum absolute atomic E-state index is 0.0287.